The summed E-state index contributed by atoms with van der Waals surface area (Å²) in [6.45, 7) is 6.26. The number of amides is 1. The van der Waals surface area contributed by atoms with Crippen molar-refractivity contribution in [2.75, 3.05) is 50.4 Å². The van der Waals surface area contributed by atoms with Crippen molar-refractivity contribution in [1.82, 2.24) is 9.80 Å². The fraction of sp³-hybridized carbons (Fsp3) is 0.533. The summed E-state index contributed by atoms with van der Waals surface area (Å²) in [6.07, 6.45) is 0. The van der Waals surface area contributed by atoms with Gasteiger partial charge in [0, 0.05) is 44.1 Å². The molecule has 1 aliphatic heterocycles. The van der Waals surface area contributed by atoms with E-state index in [1.807, 2.05) is 19.1 Å². The molecule has 0 bridgehead atoms. The number of anilines is 2. The molecule has 4 N–H and O–H groups in total. The number of hydrogen-bond donors (Lipinski definition) is 3. The van der Waals surface area contributed by atoms with Crippen LogP contribution in [0.1, 0.15) is 6.92 Å². The molecule has 6 heteroatoms. The van der Waals surface area contributed by atoms with E-state index in [1.165, 1.54) is 0 Å². The number of aliphatic hydroxyl groups excluding tert-OH is 1. The van der Waals surface area contributed by atoms with E-state index in [0.29, 0.717) is 12.2 Å². The molecule has 0 spiro atoms. The van der Waals surface area contributed by atoms with Crippen molar-refractivity contribution in [2.24, 2.45) is 0 Å². The van der Waals surface area contributed by atoms with Crippen LogP contribution in [-0.4, -0.2) is 66.2 Å². The Morgan fingerprint density at radius 2 is 2.10 bits per heavy atom. The number of aliphatic hydroxyl groups is 1. The van der Waals surface area contributed by atoms with Crippen LogP contribution in [0.2, 0.25) is 0 Å². The first-order valence-corrected chi connectivity index (χ1v) is 7.34. The van der Waals surface area contributed by atoms with Crippen molar-refractivity contribution in [3.8, 4) is 0 Å². The highest BCUT2D eigenvalue weighted by molar-refractivity contribution is 5.94. The van der Waals surface area contributed by atoms with Crippen LogP contribution in [-0.2, 0) is 4.79 Å². The van der Waals surface area contributed by atoms with Crippen LogP contribution in [0, 0.1) is 0 Å². The van der Waals surface area contributed by atoms with Gasteiger partial charge in [0.1, 0.15) is 0 Å². The van der Waals surface area contributed by atoms with E-state index in [2.05, 4.69) is 15.1 Å². The third kappa shape index (κ3) is 4.42. The average Bonchev–Trinajstić information content (AvgIpc) is 2.47. The molecule has 1 unspecified atom stereocenters. The van der Waals surface area contributed by atoms with Gasteiger partial charge in [-0.3, -0.25) is 14.6 Å². The molecule has 1 saturated heterocycles. The van der Waals surface area contributed by atoms with Crippen LogP contribution in [0.15, 0.2) is 24.3 Å². The van der Waals surface area contributed by atoms with Crippen LogP contribution in [0.3, 0.4) is 0 Å². The largest absolute Gasteiger partial charge is 0.399 e. The Morgan fingerprint density at radius 1 is 1.38 bits per heavy atom. The van der Waals surface area contributed by atoms with Gasteiger partial charge in [-0.1, -0.05) is 6.07 Å². The third-order valence-corrected chi connectivity index (χ3v) is 3.90. The zero-order valence-electron chi connectivity index (χ0n) is 12.5. The van der Waals surface area contributed by atoms with Crippen molar-refractivity contribution in [1.29, 1.82) is 0 Å². The minimum absolute atomic E-state index is 0.0174. The lowest BCUT2D eigenvalue weighted by Crippen LogP contribution is -2.53. The zero-order valence-corrected chi connectivity index (χ0v) is 12.5. The fourth-order valence-corrected chi connectivity index (χ4v) is 2.54. The first-order chi connectivity index (χ1) is 10.1. The highest BCUT2D eigenvalue weighted by Crippen LogP contribution is 2.13. The summed E-state index contributed by atoms with van der Waals surface area (Å²) in [4.78, 5) is 16.7. The summed E-state index contributed by atoms with van der Waals surface area (Å²) in [7, 11) is 0. The molecule has 116 valence electrons. The fourth-order valence-electron chi connectivity index (χ4n) is 2.54. The number of nitrogens with one attached hydrogen (secondary N) is 1. The second kappa shape index (κ2) is 7.40. The highest BCUT2D eigenvalue weighted by atomic mass is 16.3. The van der Waals surface area contributed by atoms with Crippen molar-refractivity contribution in [3.63, 3.8) is 0 Å². The number of piperazine rings is 1. The SMILES string of the molecule is CC(C(=O)Nc1cccc(N)c1)N1CCN(CCO)CC1. The normalized spacial score (nSPS) is 18.4. The van der Waals surface area contributed by atoms with Crippen molar-refractivity contribution >= 4 is 17.3 Å². The smallest absolute Gasteiger partial charge is 0.241 e. The first-order valence-electron chi connectivity index (χ1n) is 7.34. The molecule has 0 saturated carbocycles. The third-order valence-electron chi connectivity index (χ3n) is 3.90. The van der Waals surface area contributed by atoms with Gasteiger partial charge in [-0.15, -0.1) is 0 Å². The standard InChI is InChI=1S/C15H24N4O2/c1-12(19-7-5-18(6-8-19)9-10-20)15(21)17-14-4-2-3-13(16)11-14/h2-4,11-12,20H,5-10,16H2,1H3,(H,17,21). The van der Waals surface area contributed by atoms with Crippen molar-refractivity contribution in [2.45, 2.75) is 13.0 Å². The molecule has 2 rings (SSSR count). The number of carbonyl (C=O) groups excluding carboxylic acids is 1. The number of nitrogens with two attached hydrogens (primary N) is 1. The van der Waals surface area contributed by atoms with Gasteiger partial charge in [0.2, 0.25) is 5.91 Å². The Labute approximate surface area is 125 Å². The zero-order chi connectivity index (χ0) is 15.2. The summed E-state index contributed by atoms with van der Waals surface area (Å²) >= 11 is 0. The van der Waals surface area contributed by atoms with Crippen molar-refractivity contribution < 1.29 is 9.90 Å². The van der Waals surface area contributed by atoms with Gasteiger partial charge in [0.15, 0.2) is 0 Å². The summed E-state index contributed by atoms with van der Waals surface area (Å²) < 4.78 is 0. The number of hydrogen-bond acceptors (Lipinski definition) is 5. The molecular weight excluding hydrogens is 268 g/mol. The molecule has 6 nitrogen and oxygen atoms in total. The minimum atomic E-state index is -0.178. The summed E-state index contributed by atoms with van der Waals surface area (Å²) in [5, 5.41) is 11.8. The number of carbonyl (C=O) groups is 1. The van der Waals surface area contributed by atoms with Gasteiger partial charge in [0.05, 0.1) is 12.6 Å². The lowest BCUT2D eigenvalue weighted by molar-refractivity contribution is -0.121. The Hall–Kier alpha value is -1.63. The molecule has 1 aromatic rings. The Bertz CT molecular complexity index is 472. The van der Waals surface area contributed by atoms with Crippen LogP contribution in [0.5, 0.6) is 0 Å². The van der Waals surface area contributed by atoms with E-state index >= 15 is 0 Å². The molecule has 21 heavy (non-hydrogen) atoms. The molecule has 1 aromatic carbocycles. The second-order valence-corrected chi connectivity index (χ2v) is 5.39. The molecular formula is C15H24N4O2. The molecule has 0 radical (unpaired) electrons. The van der Waals surface area contributed by atoms with Gasteiger partial charge in [-0.25, -0.2) is 0 Å². The Balaban J connectivity index is 1.85. The van der Waals surface area contributed by atoms with Gasteiger partial charge < -0.3 is 16.2 Å². The van der Waals surface area contributed by atoms with Gasteiger partial charge >= 0.3 is 0 Å². The number of nitrogen functional groups attached to an aromatic ring is 1. The molecule has 1 amide bonds. The molecule has 1 aliphatic rings. The Morgan fingerprint density at radius 3 is 2.71 bits per heavy atom. The highest BCUT2D eigenvalue weighted by Gasteiger charge is 2.25. The van der Waals surface area contributed by atoms with Crippen LogP contribution < -0.4 is 11.1 Å². The molecule has 1 atom stereocenters. The molecule has 0 aliphatic carbocycles. The number of nitrogens with zero attached hydrogens (tertiary/aromatic N) is 2. The van der Waals surface area contributed by atoms with E-state index in [9.17, 15) is 4.79 Å². The van der Waals surface area contributed by atoms with E-state index < -0.39 is 0 Å². The summed E-state index contributed by atoms with van der Waals surface area (Å²) in [5.41, 5.74) is 7.07. The lowest BCUT2D eigenvalue weighted by Gasteiger charge is -2.37. The first kappa shape index (κ1) is 15.8. The predicted octanol–water partition coefficient (Wildman–Crippen LogP) is 0.206. The number of benzene rings is 1. The monoisotopic (exact) mass is 292 g/mol. The van der Waals surface area contributed by atoms with E-state index in [1.54, 1.807) is 12.1 Å². The maximum Gasteiger partial charge on any atom is 0.241 e. The van der Waals surface area contributed by atoms with E-state index in [0.717, 1.165) is 31.9 Å². The molecule has 1 fully saturated rings. The summed E-state index contributed by atoms with van der Waals surface area (Å²) in [5.74, 6) is -0.0174. The molecule has 1 heterocycles. The maximum atomic E-state index is 12.3. The van der Waals surface area contributed by atoms with Crippen LogP contribution >= 0.6 is 0 Å². The maximum absolute atomic E-state index is 12.3. The molecule has 0 aromatic heterocycles. The number of rotatable bonds is 5. The lowest BCUT2D eigenvalue weighted by atomic mass is 10.2. The van der Waals surface area contributed by atoms with Crippen LogP contribution in [0.4, 0.5) is 11.4 Å². The topological polar surface area (TPSA) is 81.8 Å². The second-order valence-electron chi connectivity index (χ2n) is 5.39. The average molecular weight is 292 g/mol. The van der Waals surface area contributed by atoms with Gasteiger partial charge in [0.25, 0.3) is 0 Å². The minimum Gasteiger partial charge on any atom is -0.399 e. The van der Waals surface area contributed by atoms with Crippen molar-refractivity contribution in [3.05, 3.63) is 24.3 Å². The van der Waals surface area contributed by atoms with Gasteiger partial charge in [-0.2, -0.15) is 0 Å². The number of β-amino-alcohol motifs (C(OH)–C–C–N with tert-alkyl or cyclic N) is 1. The Kier molecular flexibility index (Phi) is 5.55. The quantitative estimate of drug-likeness (QED) is 0.676. The van der Waals surface area contributed by atoms with Crippen LogP contribution in [0.25, 0.3) is 0 Å². The predicted molar refractivity (Wildman–Crippen MR) is 84.0 cm³/mol. The van der Waals surface area contributed by atoms with Gasteiger partial charge in [-0.05, 0) is 25.1 Å². The summed E-state index contributed by atoms with van der Waals surface area (Å²) in [6, 6.07) is 7.02. The van der Waals surface area contributed by atoms with E-state index in [4.69, 9.17) is 10.8 Å². The van der Waals surface area contributed by atoms with E-state index in [-0.39, 0.29) is 18.6 Å².